The van der Waals surface area contributed by atoms with Crippen molar-refractivity contribution in [3.63, 3.8) is 0 Å². The summed E-state index contributed by atoms with van der Waals surface area (Å²) in [6.45, 7) is 4.18. The van der Waals surface area contributed by atoms with Crippen molar-refractivity contribution in [3.8, 4) is 0 Å². The highest BCUT2D eigenvalue weighted by atomic mass is 16.5. The Hall–Kier alpha value is -0.930. The molecule has 1 aliphatic rings. The Morgan fingerprint density at radius 2 is 2.37 bits per heavy atom. The van der Waals surface area contributed by atoms with Crippen molar-refractivity contribution in [1.82, 2.24) is 10.3 Å². The van der Waals surface area contributed by atoms with Crippen molar-refractivity contribution in [2.45, 2.75) is 57.6 Å². The highest BCUT2D eigenvalue weighted by Gasteiger charge is 2.17. The van der Waals surface area contributed by atoms with Crippen molar-refractivity contribution in [2.75, 3.05) is 13.2 Å². The normalized spacial score (nSPS) is 20.6. The first kappa shape index (κ1) is 14.5. The van der Waals surface area contributed by atoms with Gasteiger partial charge >= 0.3 is 0 Å². The smallest absolute Gasteiger partial charge is 0.0576 e. The van der Waals surface area contributed by atoms with Crippen LogP contribution in [-0.4, -0.2) is 30.3 Å². The van der Waals surface area contributed by atoms with E-state index in [4.69, 9.17) is 4.74 Å². The van der Waals surface area contributed by atoms with Gasteiger partial charge in [-0.2, -0.15) is 0 Å². The second-order valence-electron chi connectivity index (χ2n) is 5.33. The van der Waals surface area contributed by atoms with Crippen LogP contribution in [0.5, 0.6) is 0 Å². The summed E-state index contributed by atoms with van der Waals surface area (Å²) in [5, 5.41) is 3.59. The lowest BCUT2D eigenvalue weighted by Gasteiger charge is -2.19. The monoisotopic (exact) mass is 262 g/mol. The van der Waals surface area contributed by atoms with Gasteiger partial charge in [0, 0.05) is 24.5 Å². The van der Waals surface area contributed by atoms with E-state index in [1.165, 1.54) is 31.4 Å². The number of pyridine rings is 1. The van der Waals surface area contributed by atoms with E-state index in [0.717, 1.165) is 26.0 Å². The Morgan fingerprint density at radius 1 is 1.42 bits per heavy atom. The topological polar surface area (TPSA) is 34.2 Å². The van der Waals surface area contributed by atoms with Crippen LogP contribution in [0, 0.1) is 0 Å². The van der Waals surface area contributed by atoms with E-state index in [0.29, 0.717) is 12.1 Å². The van der Waals surface area contributed by atoms with Crippen LogP contribution >= 0.6 is 0 Å². The van der Waals surface area contributed by atoms with Gasteiger partial charge in [-0.05, 0) is 57.2 Å². The van der Waals surface area contributed by atoms with Crippen LogP contribution < -0.4 is 5.32 Å². The van der Waals surface area contributed by atoms with Gasteiger partial charge in [0.1, 0.15) is 0 Å². The maximum absolute atomic E-state index is 5.70. The molecule has 0 aromatic carbocycles. The molecule has 19 heavy (non-hydrogen) atoms. The standard InChI is InChI=1S/C16H26N2O/c1-2-17-15(10-11-16-7-5-13-19-16)9-8-14-6-3-4-12-18-14/h3-4,6,12,15-17H,2,5,7-11,13H2,1H3. The summed E-state index contributed by atoms with van der Waals surface area (Å²) in [6.07, 6.45) is 9.51. The molecule has 1 fully saturated rings. The van der Waals surface area contributed by atoms with E-state index in [1.54, 1.807) is 0 Å². The third-order valence-corrected chi connectivity index (χ3v) is 3.83. The van der Waals surface area contributed by atoms with Crippen LogP contribution in [0.15, 0.2) is 24.4 Å². The number of aryl methyl sites for hydroxylation is 1. The average Bonchev–Trinajstić information content (AvgIpc) is 2.96. The summed E-state index contributed by atoms with van der Waals surface area (Å²) >= 11 is 0. The molecule has 1 aliphatic heterocycles. The van der Waals surface area contributed by atoms with Gasteiger partial charge in [-0.15, -0.1) is 0 Å². The summed E-state index contributed by atoms with van der Waals surface area (Å²) in [6, 6.07) is 6.75. The van der Waals surface area contributed by atoms with E-state index in [-0.39, 0.29) is 0 Å². The fourth-order valence-corrected chi connectivity index (χ4v) is 2.76. The number of aromatic nitrogens is 1. The molecule has 0 aliphatic carbocycles. The Balaban J connectivity index is 1.72. The first-order chi connectivity index (χ1) is 9.38. The van der Waals surface area contributed by atoms with Crippen LogP contribution in [0.4, 0.5) is 0 Å². The molecule has 0 amide bonds. The third kappa shape index (κ3) is 5.29. The summed E-state index contributed by atoms with van der Waals surface area (Å²) < 4.78 is 5.70. The highest BCUT2D eigenvalue weighted by Crippen LogP contribution is 2.19. The molecule has 2 rings (SSSR count). The lowest BCUT2D eigenvalue weighted by Crippen LogP contribution is -2.30. The number of hydrogen-bond acceptors (Lipinski definition) is 3. The van der Waals surface area contributed by atoms with Gasteiger partial charge in [-0.1, -0.05) is 13.0 Å². The molecule has 0 spiro atoms. The largest absolute Gasteiger partial charge is 0.378 e. The molecule has 1 saturated heterocycles. The molecule has 2 atom stereocenters. The Morgan fingerprint density at radius 3 is 3.05 bits per heavy atom. The molecule has 0 bridgehead atoms. The van der Waals surface area contributed by atoms with Crippen LogP contribution in [-0.2, 0) is 11.2 Å². The van der Waals surface area contributed by atoms with Crippen molar-refractivity contribution < 1.29 is 4.74 Å². The Bertz CT molecular complexity index is 336. The fraction of sp³-hybridized carbons (Fsp3) is 0.688. The SMILES string of the molecule is CCNC(CCc1ccccn1)CCC1CCCO1. The Kier molecular flexibility index (Phi) is 6.31. The minimum atomic E-state index is 0.510. The average molecular weight is 262 g/mol. The predicted molar refractivity (Wildman–Crippen MR) is 78.2 cm³/mol. The number of nitrogens with one attached hydrogen (secondary N) is 1. The van der Waals surface area contributed by atoms with E-state index >= 15 is 0 Å². The minimum absolute atomic E-state index is 0.510. The van der Waals surface area contributed by atoms with Gasteiger partial charge in [-0.25, -0.2) is 0 Å². The van der Waals surface area contributed by atoms with Crippen LogP contribution in [0.1, 0.15) is 44.7 Å². The molecule has 3 heteroatoms. The molecule has 1 N–H and O–H groups in total. The molecular weight excluding hydrogens is 236 g/mol. The highest BCUT2D eigenvalue weighted by molar-refractivity contribution is 5.03. The van der Waals surface area contributed by atoms with Gasteiger partial charge in [0.05, 0.1) is 6.10 Å². The Labute approximate surface area is 116 Å². The van der Waals surface area contributed by atoms with Crippen LogP contribution in [0.2, 0.25) is 0 Å². The van der Waals surface area contributed by atoms with E-state index in [1.807, 2.05) is 12.3 Å². The summed E-state index contributed by atoms with van der Waals surface area (Å²) in [5.41, 5.74) is 1.20. The van der Waals surface area contributed by atoms with E-state index in [2.05, 4.69) is 29.4 Å². The zero-order valence-corrected chi connectivity index (χ0v) is 12.0. The molecule has 3 nitrogen and oxygen atoms in total. The third-order valence-electron chi connectivity index (χ3n) is 3.83. The molecule has 106 valence electrons. The summed E-state index contributed by atoms with van der Waals surface area (Å²) in [7, 11) is 0. The molecule has 1 aromatic rings. The lowest BCUT2D eigenvalue weighted by atomic mass is 10.0. The minimum Gasteiger partial charge on any atom is -0.378 e. The van der Waals surface area contributed by atoms with Crippen molar-refractivity contribution in [2.24, 2.45) is 0 Å². The zero-order valence-electron chi connectivity index (χ0n) is 12.0. The molecule has 2 heterocycles. The molecule has 2 unspecified atom stereocenters. The number of rotatable bonds is 8. The molecule has 0 radical (unpaired) electrons. The summed E-state index contributed by atoms with van der Waals surface area (Å²) in [5.74, 6) is 0. The lowest BCUT2D eigenvalue weighted by molar-refractivity contribution is 0.0993. The van der Waals surface area contributed by atoms with Gasteiger partial charge in [0.2, 0.25) is 0 Å². The second kappa shape index (κ2) is 8.28. The van der Waals surface area contributed by atoms with Crippen LogP contribution in [0.3, 0.4) is 0 Å². The van der Waals surface area contributed by atoms with E-state index in [9.17, 15) is 0 Å². The van der Waals surface area contributed by atoms with E-state index < -0.39 is 0 Å². The van der Waals surface area contributed by atoms with Gasteiger partial charge < -0.3 is 10.1 Å². The van der Waals surface area contributed by atoms with Gasteiger partial charge in [0.25, 0.3) is 0 Å². The number of nitrogens with zero attached hydrogens (tertiary/aromatic N) is 1. The van der Waals surface area contributed by atoms with Gasteiger partial charge in [-0.3, -0.25) is 4.98 Å². The number of hydrogen-bond donors (Lipinski definition) is 1. The maximum Gasteiger partial charge on any atom is 0.0576 e. The first-order valence-electron chi connectivity index (χ1n) is 7.63. The van der Waals surface area contributed by atoms with Crippen molar-refractivity contribution >= 4 is 0 Å². The summed E-state index contributed by atoms with van der Waals surface area (Å²) in [4.78, 5) is 4.40. The maximum atomic E-state index is 5.70. The van der Waals surface area contributed by atoms with Crippen LogP contribution in [0.25, 0.3) is 0 Å². The van der Waals surface area contributed by atoms with Crippen molar-refractivity contribution in [1.29, 1.82) is 0 Å². The predicted octanol–water partition coefficient (Wildman–Crippen LogP) is 2.95. The van der Waals surface area contributed by atoms with Gasteiger partial charge in [0.15, 0.2) is 0 Å². The number of ether oxygens (including phenoxy) is 1. The first-order valence-corrected chi connectivity index (χ1v) is 7.63. The quantitative estimate of drug-likeness (QED) is 0.782. The molecule has 0 saturated carbocycles. The zero-order chi connectivity index (χ0) is 13.3. The fourth-order valence-electron chi connectivity index (χ4n) is 2.76. The second-order valence-corrected chi connectivity index (χ2v) is 5.33. The molecule has 1 aromatic heterocycles. The molecular formula is C16H26N2O. The van der Waals surface area contributed by atoms with Crippen molar-refractivity contribution in [3.05, 3.63) is 30.1 Å².